The summed E-state index contributed by atoms with van der Waals surface area (Å²) in [5.74, 6) is -0.516. The van der Waals surface area contributed by atoms with Crippen molar-refractivity contribution in [1.29, 1.82) is 0 Å². The molecule has 3 aromatic rings. The second kappa shape index (κ2) is 6.31. The highest BCUT2D eigenvalue weighted by molar-refractivity contribution is 5.94. The second-order valence-corrected chi connectivity index (χ2v) is 5.23. The normalized spacial score (nSPS) is 11.5. The van der Waals surface area contributed by atoms with E-state index in [1.54, 1.807) is 24.3 Å². The third-order valence-electron chi connectivity index (χ3n) is 3.59. The van der Waals surface area contributed by atoms with Crippen molar-refractivity contribution in [3.8, 4) is 0 Å². The molecule has 1 N–H and O–H groups in total. The number of rotatable bonds is 3. The average molecular weight is 330 g/mol. The van der Waals surface area contributed by atoms with Gasteiger partial charge in [0.2, 0.25) is 0 Å². The van der Waals surface area contributed by atoms with Gasteiger partial charge in [0.25, 0.3) is 5.91 Å². The summed E-state index contributed by atoms with van der Waals surface area (Å²) < 4.78 is 38.8. The third kappa shape index (κ3) is 3.37. The highest BCUT2D eigenvalue weighted by atomic mass is 19.4. The summed E-state index contributed by atoms with van der Waals surface area (Å²) in [6.07, 6.45) is -4.46. The number of carbonyl (C=O) groups is 1. The van der Waals surface area contributed by atoms with Crippen LogP contribution in [0.2, 0.25) is 0 Å². The lowest BCUT2D eigenvalue weighted by Gasteiger charge is -2.13. The summed E-state index contributed by atoms with van der Waals surface area (Å²) in [6, 6.07) is 15.8. The Balaban J connectivity index is 1.78. The van der Waals surface area contributed by atoms with Gasteiger partial charge in [0.1, 0.15) is 5.69 Å². The van der Waals surface area contributed by atoms with Crippen LogP contribution < -0.4 is 5.32 Å². The Morgan fingerprint density at radius 1 is 0.958 bits per heavy atom. The van der Waals surface area contributed by atoms with Gasteiger partial charge in [-0.25, -0.2) is 4.98 Å². The van der Waals surface area contributed by atoms with E-state index in [1.165, 1.54) is 18.2 Å². The number of nitrogens with one attached hydrogen (secondary N) is 1. The van der Waals surface area contributed by atoms with Gasteiger partial charge in [-0.05, 0) is 23.8 Å². The van der Waals surface area contributed by atoms with Crippen LogP contribution in [0.4, 0.5) is 13.2 Å². The Morgan fingerprint density at radius 3 is 2.46 bits per heavy atom. The van der Waals surface area contributed by atoms with E-state index in [0.29, 0.717) is 5.52 Å². The van der Waals surface area contributed by atoms with Crippen LogP contribution in [0.3, 0.4) is 0 Å². The zero-order valence-corrected chi connectivity index (χ0v) is 12.5. The number of halogens is 3. The van der Waals surface area contributed by atoms with E-state index >= 15 is 0 Å². The average Bonchev–Trinajstić information content (AvgIpc) is 2.58. The number of para-hydroxylation sites is 1. The van der Waals surface area contributed by atoms with E-state index in [9.17, 15) is 18.0 Å². The Kier molecular flexibility index (Phi) is 4.20. The number of carbonyl (C=O) groups excluding carboxylic acids is 1. The smallest absolute Gasteiger partial charge is 0.347 e. The van der Waals surface area contributed by atoms with Crippen molar-refractivity contribution in [2.24, 2.45) is 0 Å². The van der Waals surface area contributed by atoms with Crippen LogP contribution in [-0.4, -0.2) is 10.9 Å². The number of nitrogens with zero attached hydrogens (tertiary/aromatic N) is 1. The molecular weight excluding hydrogens is 317 g/mol. The minimum atomic E-state index is -4.46. The second-order valence-electron chi connectivity index (χ2n) is 5.23. The molecule has 0 saturated carbocycles. The first-order valence-corrected chi connectivity index (χ1v) is 7.24. The number of aromatic nitrogens is 1. The minimum absolute atomic E-state index is 0.0131. The lowest BCUT2D eigenvalue weighted by atomic mass is 10.1. The number of fused-ring (bicyclic) bond motifs is 1. The predicted molar refractivity (Wildman–Crippen MR) is 84.4 cm³/mol. The maximum Gasteiger partial charge on any atom is 0.416 e. The standard InChI is InChI=1S/C18H13F3N2O/c19-18(20,21)14-7-3-1-6-13(14)11-22-17(24)16-10-9-12-5-2-4-8-15(12)23-16/h1-10H,11H2,(H,22,24). The zero-order chi connectivity index (χ0) is 17.2. The summed E-state index contributed by atoms with van der Waals surface area (Å²) in [5.41, 5.74) is 0.0786. The fourth-order valence-electron chi connectivity index (χ4n) is 2.41. The molecule has 24 heavy (non-hydrogen) atoms. The molecule has 2 aromatic carbocycles. The summed E-state index contributed by atoms with van der Waals surface area (Å²) in [7, 11) is 0. The van der Waals surface area contributed by atoms with Crippen LogP contribution in [0.5, 0.6) is 0 Å². The van der Waals surface area contributed by atoms with Crippen molar-refractivity contribution in [3.05, 3.63) is 77.5 Å². The van der Waals surface area contributed by atoms with Gasteiger partial charge in [0.15, 0.2) is 0 Å². The maximum atomic E-state index is 12.9. The third-order valence-corrected chi connectivity index (χ3v) is 3.59. The number of hydrogen-bond donors (Lipinski definition) is 1. The van der Waals surface area contributed by atoms with Gasteiger partial charge < -0.3 is 5.32 Å². The molecule has 1 heterocycles. The Labute approximate surface area is 136 Å². The fraction of sp³-hybridized carbons (Fsp3) is 0.111. The van der Waals surface area contributed by atoms with Crippen LogP contribution in [0.15, 0.2) is 60.7 Å². The van der Waals surface area contributed by atoms with E-state index in [0.717, 1.165) is 11.5 Å². The SMILES string of the molecule is O=C(NCc1ccccc1C(F)(F)F)c1ccc2ccccc2n1. The molecule has 122 valence electrons. The van der Waals surface area contributed by atoms with Crippen LogP contribution in [-0.2, 0) is 12.7 Å². The predicted octanol–water partition coefficient (Wildman–Crippen LogP) is 4.18. The minimum Gasteiger partial charge on any atom is -0.347 e. The van der Waals surface area contributed by atoms with E-state index in [-0.39, 0.29) is 17.8 Å². The van der Waals surface area contributed by atoms with Crippen LogP contribution in [0.25, 0.3) is 10.9 Å². The molecule has 0 saturated heterocycles. The monoisotopic (exact) mass is 330 g/mol. The Bertz CT molecular complexity index is 891. The van der Waals surface area contributed by atoms with Crippen molar-refractivity contribution in [2.75, 3.05) is 0 Å². The molecule has 1 amide bonds. The molecule has 0 radical (unpaired) electrons. The molecule has 0 bridgehead atoms. The van der Waals surface area contributed by atoms with Crippen LogP contribution in [0, 0.1) is 0 Å². The molecule has 0 aliphatic heterocycles. The van der Waals surface area contributed by atoms with Crippen molar-refractivity contribution < 1.29 is 18.0 Å². The van der Waals surface area contributed by atoms with Gasteiger partial charge >= 0.3 is 6.18 Å². The van der Waals surface area contributed by atoms with Gasteiger partial charge in [-0.3, -0.25) is 4.79 Å². The summed E-state index contributed by atoms with van der Waals surface area (Å²) >= 11 is 0. The Hall–Kier alpha value is -2.89. The topological polar surface area (TPSA) is 42.0 Å². The molecule has 0 spiro atoms. The van der Waals surface area contributed by atoms with Gasteiger partial charge in [0.05, 0.1) is 11.1 Å². The fourth-order valence-corrected chi connectivity index (χ4v) is 2.41. The Morgan fingerprint density at radius 2 is 1.67 bits per heavy atom. The first-order chi connectivity index (χ1) is 11.4. The highest BCUT2D eigenvalue weighted by Gasteiger charge is 2.32. The van der Waals surface area contributed by atoms with Gasteiger partial charge in [-0.1, -0.05) is 42.5 Å². The number of hydrogen-bond acceptors (Lipinski definition) is 2. The zero-order valence-electron chi connectivity index (χ0n) is 12.5. The molecule has 0 aliphatic rings. The number of alkyl halides is 3. The lowest BCUT2D eigenvalue weighted by Crippen LogP contribution is -2.25. The number of pyridine rings is 1. The molecule has 6 heteroatoms. The summed E-state index contributed by atoms with van der Waals surface area (Å²) in [4.78, 5) is 16.4. The van der Waals surface area contributed by atoms with Crippen molar-refractivity contribution in [1.82, 2.24) is 10.3 Å². The van der Waals surface area contributed by atoms with Crippen molar-refractivity contribution in [3.63, 3.8) is 0 Å². The highest BCUT2D eigenvalue weighted by Crippen LogP contribution is 2.31. The van der Waals surface area contributed by atoms with E-state index < -0.39 is 17.6 Å². The summed E-state index contributed by atoms with van der Waals surface area (Å²) in [6.45, 7) is -0.219. The van der Waals surface area contributed by atoms with E-state index in [1.807, 2.05) is 12.1 Å². The largest absolute Gasteiger partial charge is 0.416 e. The van der Waals surface area contributed by atoms with Gasteiger partial charge in [-0.15, -0.1) is 0 Å². The molecule has 3 nitrogen and oxygen atoms in total. The lowest BCUT2D eigenvalue weighted by molar-refractivity contribution is -0.138. The molecule has 0 aliphatic carbocycles. The van der Waals surface area contributed by atoms with Crippen molar-refractivity contribution >= 4 is 16.8 Å². The quantitative estimate of drug-likeness (QED) is 0.783. The molecular formula is C18H13F3N2O. The molecule has 0 fully saturated rings. The van der Waals surface area contributed by atoms with E-state index in [4.69, 9.17) is 0 Å². The number of amides is 1. The first kappa shape index (κ1) is 16.0. The maximum absolute atomic E-state index is 12.9. The molecule has 0 atom stereocenters. The van der Waals surface area contributed by atoms with Crippen molar-refractivity contribution in [2.45, 2.75) is 12.7 Å². The van der Waals surface area contributed by atoms with Crippen LogP contribution >= 0.6 is 0 Å². The van der Waals surface area contributed by atoms with E-state index in [2.05, 4.69) is 10.3 Å². The van der Waals surface area contributed by atoms with Gasteiger partial charge in [-0.2, -0.15) is 13.2 Å². The number of benzene rings is 2. The molecule has 0 unspecified atom stereocenters. The molecule has 3 rings (SSSR count). The molecule has 1 aromatic heterocycles. The van der Waals surface area contributed by atoms with Crippen LogP contribution in [0.1, 0.15) is 21.6 Å². The first-order valence-electron chi connectivity index (χ1n) is 7.24. The summed E-state index contributed by atoms with van der Waals surface area (Å²) in [5, 5.41) is 3.38. The van der Waals surface area contributed by atoms with Gasteiger partial charge in [0, 0.05) is 11.9 Å².